The van der Waals surface area contributed by atoms with Gasteiger partial charge in [0.15, 0.2) is 0 Å². The van der Waals surface area contributed by atoms with Crippen LogP contribution in [0.3, 0.4) is 0 Å². The second-order valence-electron chi connectivity index (χ2n) is 6.71. The van der Waals surface area contributed by atoms with Crippen LogP contribution in [0.15, 0.2) is 46.1 Å². The van der Waals surface area contributed by atoms with Crippen LogP contribution in [0.1, 0.15) is 15.2 Å². The van der Waals surface area contributed by atoms with Crippen molar-refractivity contribution >= 4 is 38.6 Å². The number of aryl methyl sites for hydroxylation is 1. The number of rotatable bonds is 4. The fourth-order valence-electron chi connectivity index (χ4n) is 3.15. The summed E-state index contributed by atoms with van der Waals surface area (Å²) >= 11 is 2.91. The summed E-state index contributed by atoms with van der Waals surface area (Å²) in [6.07, 6.45) is 1.58. The van der Waals surface area contributed by atoms with E-state index < -0.39 is 10.0 Å². The largest absolute Gasteiger partial charge is 0.507 e. The predicted octanol–water partition coefficient (Wildman–Crippen LogP) is 3.03. The van der Waals surface area contributed by atoms with E-state index in [-0.39, 0.29) is 42.7 Å². The molecule has 7 nitrogen and oxygen atoms in total. The minimum Gasteiger partial charge on any atom is -0.507 e. The van der Waals surface area contributed by atoms with Gasteiger partial charge in [-0.2, -0.15) is 15.6 Å². The Bertz CT molecular complexity index is 1130. The fourth-order valence-corrected chi connectivity index (χ4v) is 6.33. The Morgan fingerprint density at radius 1 is 1.17 bits per heavy atom. The Balaban J connectivity index is 1.45. The molecule has 1 aromatic carbocycles. The normalized spacial score (nSPS) is 15.6. The van der Waals surface area contributed by atoms with Gasteiger partial charge in [0, 0.05) is 37.1 Å². The van der Waals surface area contributed by atoms with Crippen LogP contribution in [0.5, 0.6) is 5.75 Å². The van der Waals surface area contributed by atoms with E-state index in [1.807, 2.05) is 16.8 Å². The van der Waals surface area contributed by atoms with E-state index in [0.717, 1.165) is 16.1 Å². The summed E-state index contributed by atoms with van der Waals surface area (Å²) < 4.78 is 27.1. The van der Waals surface area contributed by atoms with Crippen molar-refractivity contribution in [2.24, 2.45) is 0 Å². The number of phenolic OH excluding ortho intramolecular Hbond substituents is 1. The van der Waals surface area contributed by atoms with Crippen LogP contribution < -0.4 is 0 Å². The van der Waals surface area contributed by atoms with E-state index in [1.54, 1.807) is 35.4 Å². The standard InChI is InChI=1S/C19H19N3O4S3/c1-13-2-3-15(23)17(10-13)29(25,26)22-7-5-21(6-8-22)19(24)16-11-20-18(28-16)14-4-9-27-12-14/h2-4,9-12,23H,5-8H2,1H3. The Kier molecular flexibility index (Phi) is 5.43. The lowest BCUT2D eigenvalue weighted by Crippen LogP contribution is -2.50. The average Bonchev–Trinajstić information content (AvgIpc) is 3.41. The van der Waals surface area contributed by atoms with E-state index in [4.69, 9.17) is 0 Å². The van der Waals surface area contributed by atoms with Gasteiger partial charge in [-0.25, -0.2) is 13.4 Å². The SMILES string of the molecule is Cc1ccc(O)c(S(=O)(=O)N2CCN(C(=O)c3cnc(-c4ccsc4)s3)CC2)c1. The number of phenols is 1. The van der Waals surface area contributed by atoms with Gasteiger partial charge < -0.3 is 10.0 Å². The summed E-state index contributed by atoms with van der Waals surface area (Å²) in [6, 6.07) is 6.47. The lowest BCUT2D eigenvalue weighted by Gasteiger charge is -2.33. The van der Waals surface area contributed by atoms with E-state index in [9.17, 15) is 18.3 Å². The molecular formula is C19H19N3O4S3. The molecule has 1 N–H and O–H groups in total. The minimum atomic E-state index is -3.82. The van der Waals surface area contributed by atoms with E-state index in [2.05, 4.69) is 4.98 Å². The molecule has 3 aromatic rings. The molecular weight excluding hydrogens is 430 g/mol. The van der Waals surface area contributed by atoms with Crippen LogP contribution in [0, 0.1) is 6.92 Å². The first-order valence-electron chi connectivity index (χ1n) is 8.94. The molecule has 0 unspecified atom stereocenters. The summed E-state index contributed by atoms with van der Waals surface area (Å²) in [7, 11) is -3.82. The summed E-state index contributed by atoms with van der Waals surface area (Å²) in [4.78, 5) is 19.2. The number of thiazole rings is 1. The maximum atomic E-state index is 12.9. The van der Waals surface area contributed by atoms with Crippen LogP contribution in [0.2, 0.25) is 0 Å². The molecule has 1 aliphatic rings. The van der Waals surface area contributed by atoms with Crippen molar-refractivity contribution < 1.29 is 18.3 Å². The minimum absolute atomic E-state index is 0.0971. The molecule has 10 heteroatoms. The van der Waals surface area contributed by atoms with Gasteiger partial charge in [0.05, 0.1) is 6.20 Å². The first-order chi connectivity index (χ1) is 13.9. The molecule has 0 saturated carbocycles. The quantitative estimate of drug-likeness (QED) is 0.661. The summed E-state index contributed by atoms with van der Waals surface area (Å²) in [5.41, 5.74) is 1.75. The summed E-state index contributed by atoms with van der Waals surface area (Å²) in [6.45, 7) is 2.70. The van der Waals surface area contributed by atoms with E-state index >= 15 is 0 Å². The van der Waals surface area contributed by atoms with E-state index in [0.29, 0.717) is 4.88 Å². The molecule has 0 spiro atoms. The van der Waals surface area contributed by atoms with Crippen molar-refractivity contribution in [2.75, 3.05) is 26.2 Å². The third kappa shape index (κ3) is 3.93. The molecule has 0 bridgehead atoms. The Hall–Kier alpha value is -2.27. The van der Waals surface area contributed by atoms with Crippen LogP contribution in [-0.4, -0.2) is 59.8 Å². The molecule has 4 rings (SSSR count). The van der Waals surface area contributed by atoms with Crippen molar-refractivity contribution in [2.45, 2.75) is 11.8 Å². The fraction of sp³-hybridized carbons (Fsp3) is 0.263. The van der Waals surface area contributed by atoms with Crippen molar-refractivity contribution in [3.05, 3.63) is 51.7 Å². The van der Waals surface area contributed by atoms with Gasteiger partial charge in [-0.15, -0.1) is 11.3 Å². The Morgan fingerprint density at radius 2 is 1.93 bits per heavy atom. The van der Waals surface area contributed by atoms with Gasteiger partial charge in [-0.05, 0) is 36.1 Å². The van der Waals surface area contributed by atoms with Crippen LogP contribution in [0.4, 0.5) is 0 Å². The van der Waals surface area contributed by atoms with Crippen molar-refractivity contribution in [3.63, 3.8) is 0 Å². The lowest BCUT2D eigenvalue weighted by molar-refractivity contribution is 0.0702. The molecule has 1 saturated heterocycles. The number of benzene rings is 1. The number of carbonyl (C=O) groups excluding carboxylic acids is 1. The number of carbonyl (C=O) groups is 1. The van der Waals surface area contributed by atoms with Crippen LogP contribution >= 0.6 is 22.7 Å². The molecule has 0 atom stereocenters. The van der Waals surface area contributed by atoms with Gasteiger partial charge >= 0.3 is 0 Å². The number of nitrogens with zero attached hydrogens (tertiary/aromatic N) is 3. The number of amides is 1. The highest BCUT2D eigenvalue weighted by Gasteiger charge is 2.32. The van der Waals surface area contributed by atoms with E-state index in [1.165, 1.54) is 27.8 Å². The highest BCUT2D eigenvalue weighted by molar-refractivity contribution is 7.89. The first-order valence-corrected chi connectivity index (χ1v) is 12.1. The topological polar surface area (TPSA) is 90.8 Å². The second kappa shape index (κ2) is 7.86. The smallest absolute Gasteiger partial charge is 0.265 e. The third-order valence-electron chi connectivity index (χ3n) is 4.74. The molecule has 0 radical (unpaired) electrons. The van der Waals surface area contributed by atoms with Crippen molar-refractivity contribution in [1.29, 1.82) is 0 Å². The number of thiophene rings is 1. The van der Waals surface area contributed by atoms with Gasteiger partial charge in [-0.3, -0.25) is 4.79 Å². The van der Waals surface area contributed by atoms with Crippen molar-refractivity contribution in [3.8, 4) is 16.3 Å². The zero-order valence-corrected chi connectivity index (χ0v) is 18.1. The maximum absolute atomic E-state index is 12.9. The molecule has 152 valence electrons. The van der Waals surface area contributed by atoms with Gasteiger partial charge in [0.1, 0.15) is 20.5 Å². The molecule has 1 amide bonds. The monoisotopic (exact) mass is 449 g/mol. The Labute approximate surface area is 176 Å². The number of aromatic nitrogens is 1. The van der Waals surface area contributed by atoms with Crippen LogP contribution in [-0.2, 0) is 10.0 Å². The number of piperazine rings is 1. The van der Waals surface area contributed by atoms with Gasteiger partial charge in [0.25, 0.3) is 5.91 Å². The maximum Gasteiger partial charge on any atom is 0.265 e. The molecule has 29 heavy (non-hydrogen) atoms. The first kappa shape index (κ1) is 20.0. The highest BCUT2D eigenvalue weighted by Crippen LogP contribution is 2.29. The molecule has 3 heterocycles. The molecule has 2 aromatic heterocycles. The third-order valence-corrected chi connectivity index (χ3v) is 8.39. The second-order valence-corrected chi connectivity index (χ2v) is 10.4. The number of hydrogen-bond acceptors (Lipinski definition) is 7. The number of aromatic hydroxyl groups is 1. The van der Waals surface area contributed by atoms with Crippen molar-refractivity contribution in [1.82, 2.24) is 14.2 Å². The van der Waals surface area contributed by atoms with Gasteiger partial charge in [0.2, 0.25) is 10.0 Å². The number of hydrogen-bond donors (Lipinski definition) is 1. The van der Waals surface area contributed by atoms with Crippen LogP contribution in [0.25, 0.3) is 10.6 Å². The molecule has 0 aliphatic carbocycles. The summed E-state index contributed by atoms with van der Waals surface area (Å²) in [5.74, 6) is -0.404. The molecule has 1 aliphatic heterocycles. The average molecular weight is 450 g/mol. The summed E-state index contributed by atoms with van der Waals surface area (Å²) in [5, 5.41) is 14.7. The highest BCUT2D eigenvalue weighted by atomic mass is 32.2. The number of sulfonamides is 1. The predicted molar refractivity (Wildman–Crippen MR) is 113 cm³/mol. The lowest BCUT2D eigenvalue weighted by atomic mass is 10.2. The Morgan fingerprint density at radius 3 is 2.62 bits per heavy atom. The van der Waals surface area contributed by atoms with Gasteiger partial charge in [-0.1, -0.05) is 6.07 Å². The zero-order chi connectivity index (χ0) is 20.6. The molecule has 1 fully saturated rings. The zero-order valence-electron chi connectivity index (χ0n) is 15.6.